The van der Waals surface area contributed by atoms with Gasteiger partial charge < -0.3 is 9.30 Å². The number of ether oxygens (including phenoxy) is 1. The van der Waals surface area contributed by atoms with Crippen LogP contribution in [0.4, 0.5) is 0 Å². The summed E-state index contributed by atoms with van der Waals surface area (Å²) in [6.45, 7) is 3.30. The fraction of sp³-hybridized carbons (Fsp3) is 0.188. The maximum atomic E-state index is 6.00. The molecule has 0 bridgehead atoms. The molecule has 0 amide bonds. The second-order valence-electron chi connectivity index (χ2n) is 4.81. The van der Waals surface area contributed by atoms with Gasteiger partial charge in [0.1, 0.15) is 12.4 Å². The van der Waals surface area contributed by atoms with Crippen LogP contribution in [0.2, 0.25) is 5.02 Å². The van der Waals surface area contributed by atoms with Gasteiger partial charge in [-0.3, -0.25) is 0 Å². The van der Waals surface area contributed by atoms with Crippen molar-refractivity contribution in [2.45, 2.75) is 13.5 Å². The normalized spacial score (nSPS) is 11.0. The van der Waals surface area contributed by atoms with Crippen LogP contribution in [-0.2, 0) is 6.54 Å². The highest BCUT2D eigenvalue weighted by molar-refractivity contribution is 9.10. The topological polar surface area (TPSA) is 27.1 Å². The number of hydrogen-bond donors (Lipinski definition) is 0. The van der Waals surface area contributed by atoms with Gasteiger partial charge >= 0.3 is 0 Å². The molecule has 3 rings (SSSR count). The van der Waals surface area contributed by atoms with Gasteiger partial charge in [-0.1, -0.05) is 23.7 Å². The molecule has 0 spiro atoms. The molecule has 0 atom stereocenters. The molecule has 0 radical (unpaired) electrons. The lowest BCUT2D eigenvalue weighted by molar-refractivity contribution is 0.296. The van der Waals surface area contributed by atoms with E-state index >= 15 is 0 Å². The molecule has 5 heteroatoms. The molecule has 0 aliphatic carbocycles. The average Bonchev–Trinajstić information content (AvgIpc) is 2.85. The zero-order valence-corrected chi connectivity index (χ0v) is 13.9. The molecule has 0 saturated heterocycles. The molecule has 1 heterocycles. The fourth-order valence-electron chi connectivity index (χ4n) is 2.31. The molecular weight excluding hydrogens is 352 g/mol. The first kappa shape index (κ1) is 14.4. The van der Waals surface area contributed by atoms with Crippen molar-refractivity contribution in [3.63, 3.8) is 0 Å². The van der Waals surface area contributed by atoms with Crippen LogP contribution in [0.3, 0.4) is 0 Å². The van der Waals surface area contributed by atoms with E-state index in [-0.39, 0.29) is 0 Å². The van der Waals surface area contributed by atoms with E-state index in [4.69, 9.17) is 16.3 Å². The number of fused-ring (bicyclic) bond motifs is 1. The quantitative estimate of drug-likeness (QED) is 0.661. The largest absolute Gasteiger partial charge is 0.490 e. The Morgan fingerprint density at radius 1 is 1.29 bits per heavy atom. The lowest BCUT2D eigenvalue weighted by Crippen LogP contribution is -2.08. The summed E-state index contributed by atoms with van der Waals surface area (Å²) in [5.41, 5.74) is 3.14. The van der Waals surface area contributed by atoms with Crippen LogP contribution in [0, 0.1) is 6.92 Å². The van der Waals surface area contributed by atoms with Gasteiger partial charge in [0, 0.05) is 5.02 Å². The summed E-state index contributed by atoms with van der Waals surface area (Å²) >= 11 is 9.49. The lowest BCUT2D eigenvalue weighted by Gasteiger charge is -2.12. The van der Waals surface area contributed by atoms with Crippen LogP contribution in [0.1, 0.15) is 5.56 Å². The van der Waals surface area contributed by atoms with E-state index in [0.717, 1.165) is 33.4 Å². The highest BCUT2D eigenvalue weighted by Crippen LogP contribution is 2.32. The van der Waals surface area contributed by atoms with E-state index in [0.29, 0.717) is 11.6 Å². The molecular formula is C16H14BrClN2O. The lowest BCUT2D eigenvalue weighted by atomic mass is 10.2. The third kappa shape index (κ3) is 3.06. The Morgan fingerprint density at radius 2 is 2.10 bits per heavy atom. The van der Waals surface area contributed by atoms with E-state index in [1.54, 1.807) is 0 Å². The number of aromatic nitrogens is 2. The fourth-order valence-corrected chi connectivity index (χ4v) is 3.38. The zero-order valence-electron chi connectivity index (χ0n) is 11.5. The second-order valence-corrected chi connectivity index (χ2v) is 6.10. The maximum absolute atomic E-state index is 6.00. The molecule has 3 nitrogen and oxygen atoms in total. The van der Waals surface area contributed by atoms with E-state index in [2.05, 4.69) is 31.5 Å². The Kier molecular flexibility index (Phi) is 4.17. The predicted molar refractivity (Wildman–Crippen MR) is 89.1 cm³/mol. The van der Waals surface area contributed by atoms with Gasteiger partial charge in [-0.25, -0.2) is 4.98 Å². The van der Waals surface area contributed by atoms with E-state index in [1.165, 1.54) is 0 Å². The van der Waals surface area contributed by atoms with E-state index in [1.807, 2.05) is 43.6 Å². The van der Waals surface area contributed by atoms with Gasteiger partial charge in [-0.15, -0.1) is 0 Å². The molecule has 0 unspecified atom stereocenters. The van der Waals surface area contributed by atoms with E-state index < -0.39 is 0 Å². The number of aryl methyl sites for hydroxylation is 1. The molecule has 108 valence electrons. The molecule has 21 heavy (non-hydrogen) atoms. The minimum atomic E-state index is 0.571. The SMILES string of the molecule is Cc1cc(Cl)cc(Br)c1OCCn1cnc2ccccc21. The minimum absolute atomic E-state index is 0.571. The van der Waals surface area contributed by atoms with Crippen LogP contribution in [0.15, 0.2) is 47.2 Å². The summed E-state index contributed by atoms with van der Waals surface area (Å²) in [4.78, 5) is 4.37. The Morgan fingerprint density at radius 3 is 2.90 bits per heavy atom. The van der Waals surface area contributed by atoms with Crippen LogP contribution in [-0.4, -0.2) is 16.2 Å². The number of hydrogen-bond acceptors (Lipinski definition) is 2. The van der Waals surface area contributed by atoms with E-state index in [9.17, 15) is 0 Å². The predicted octanol–water partition coefficient (Wildman–Crippen LogP) is 4.84. The van der Waals surface area contributed by atoms with Gasteiger partial charge in [0.05, 0.1) is 28.4 Å². The molecule has 1 aromatic heterocycles. The monoisotopic (exact) mass is 364 g/mol. The molecule has 0 fully saturated rings. The van der Waals surface area contributed by atoms with Crippen LogP contribution in [0.5, 0.6) is 5.75 Å². The van der Waals surface area contributed by atoms with Crippen LogP contribution >= 0.6 is 27.5 Å². The van der Waals surface area contributed by atoms with Gasteiger partial charge in [0.25, 0.3) is 0 Å². The average molecular weight is 366 g/mol. The molecule has 0 aliphatic rings. The zero-order chi connectivity index (χ0) is 14.8. The van der Waals surface area contributed by atoms with Crippen LogP contribution in [0.25, 0.3) is 11.0 Å². The number of para-hydroxylation sites is 2. The summed E-state index contributed by atoms with van der Waals surface area (Å²) in [6, 6.07) is 11.8. The summed E-state index contributed by atoms with van der Waals surface area (Å²) in [6.07, 6.45) is 1.85. The minimum Gasteiger partial charge on any atom is -0.490 e. The van der Waals surface area contributed by atoms with Crippen molar-refractivity contribution in [1.82, 2.24) is 9.55 Å². The van der Waals surface area contributed by atoms with Crippen molar-refractivity contribution in [3.05, 3.63) is 57.8 Å². The summed E-state index contributed by atoms with van der Waals surface area (Å²) in [5.74, 6) is 0.837. The standard InChI is InChI=1S/C16H14BrClN2O/c1-11-8-12(18)9-13(17)16(11)21-7-6-20-10-19-14-4-2-3-5-15(14)20/h2-5,8-10H,6-7H2,1H3. The molecule has 0 N–H and O–H groups in total. The van der Waals surface area contributed by atoms with Gasteiger partial charge in [0.15, 0.2) is 0 Å². The van der Waals surface area contributed by atoms with Crippen molar-refractivity contribution in [2.75, 3.05) is 6.61 Å². The van der Waals surface area contributed by atoms with Crippen molar-refractivity contribution in [1.29, 1.82) is 0 Å². The second kappa shape index (κ2) is 6.08. The number of halogens is 2. The first-order valence-corrected chi connectivity index (χ1v) is 7.80. The summed E-state index contributed by atoms with van der Waals surface area (Å²) in [5, 5.41) is 0.701. The summed E-state index contributed by atoms with van der Waals surface area (Å²) in [7, 11) is 0. The third-order valence-electron chi connectivity index (χ3n) is 3.30. The van der Waals surface area contributed by atoms with Gasteiger partial charge in [0.2, 0.25) is 0 Å². The third-order valence-corrected chi connectivity index (χ3v) is 4.11. The van der Waals surface area contributed by atoms with Crippen molar-refractivity contribution in [2.24, 2.45) is 0 Å². The molecule has 2 aromatic carbocycles. The van der Waals surface area contributed by atoms with Crippen LogP contribution < -0.4 is 4.74 Å². The first-order chi connectivity index (χ1) is 10.1. The van der Waals surface area contributed by atoms with Crippen molar-refractivity contribution >= 4 is 38.6 Å². The first-order valence-electron chi connectivity index (χ1n) is 6.63. The molecule has 3 aromatic rings. The smallest absolute Gasteiger partial charge is 0.136 e. The number of rotatable bonds is 4. The summed E-state index contributed by atoms with van der Waals surface area (Å²) < 4.78 is 8.86. The highest BCUT2D eigenvalue weighted by Gasteiger charge is 2.07. The Balaban J connectivity index is 1.72. The maximum Gasteiger partial charge on any atom is 0.136 e. The van der Waals surface area contributed by atoms with Gasteiger partial charge in [-0.2, -0.15) is 0 Å². The van der Waals surface area contributed by atoms with Crippen molar-refractivity contribution < 1.29 is 4.74 Å². The number of nitrogens with zero attached hydrogens (tertiary/aromatic N) is 2. The highest BCUT2D eigenvalue weighted by atomic mass is 79.9. The molecule has 0 aliphatic heterocycles. The number of imidazole rings is 1. The van der Waals surface area contributed by atoms with Crippen molar-refractivity contribution in [3.8, 4) is 5.75 Å². The Hall–Kier alpha value is -1.52. The van der Waals surface area contributed by atoms with Gasteiger partial charge in [-0.05, 0) is 52.7 Å². The Bertz CT molecular complexity index is 762. The Labute approximate surface area is 136 Å². The number of benzene rings is 2. The molecule has 0 saturated carbocycles.